The minimum absolute atomic E-state index is 0.115. The zero-order valence-corrected chi connectivity index (χ0v) is 8.18. The van der Waals surface area contributed by atoms with Crippen LogP contribution >= 0.6 is 0 Å². The molecular weight excluding hydrogens is 181 g/mol. The maximum atomic E-state index is 13.2. The van der Waals surface area contributed by atoms with E-state index in [1.807, 2.05) is 13.0 Å². The van der Waals surface area contributed by atoms with Crippen LogP contribution < -0.4 is 5.32 Å². The lowest BCUT2D eigenvalue weighted by Gasteiger charge is -2.13. The number of hydrogen-bond acceptors (Lipinski definition) is 2. The topological polar surface area (TPSA) is 32.3 Å². The summed E-state index contributed by atoms with van der Waals surface area (Å²) in [4.78, 5) is 0. The van der Waals surface area contributed by atoms with Gasteiger partial charge in [0.15, 0.2) is 11.6 Å². The molecule has 0 aromatic heterocycles. The number of rotatable bonds is 1. The Bertz CT molecular complexity index is 345. The molecule has 0 bridgehead atoms. The first-order valence-corrected chi connectivity index (χ1v) is 4.91. The lowest BCUT2D eigenvalue weighted by atomic mass is 10.0. The Morgan fingerprint density at radius 3 is 2.93 bits per heavy atom. The highest BCUT2D eigenvalue weighted by Crippen LogP contribution is 2.32. The third kappa shape index (κ3) is 1.60. The zero-order chi connectivity index (χ0) is 10.1. The van der Waals surface area contributed by atoms with E-state index in [0.717, 1.165) is 24.9 Å². The first-order chi connectivity index (χ1) is 6.68. The van der Waals surface area contributed by atoms with Crippen LogP contribution in [0.15, 0.2) is 12.1 Å². The van der Waals surface area contributed by atoms with Crippen molar-refractivity contribution >= 4 is 0 Å². The summed E-state index contributed by atoms with van der Waals surface area (Å²) in [5, 5.41) is 12.8. The van der Waals surface area contributed by atoms with Crippen molar-refractivity contribution in [2.75, 3.05) is 6.54 Å². The smallest absolute Gasteiger partial charge is 0.165 e. The van der Waals surface area contributed by atoms with Crippen molar-refractivity contribution < 1.29 is 9.50 Å². The third-order valence-corrected chi connectivity index (χ3v) is 2.67. The molecule has 0 spiro atoms. The standard InChI is InChI=1S/C11H14FNO/c1-7-5-8(10-3-2-4-13-10)11(14)9(12)6-7/h5-6,10,13-14H,2-4H2,1H3. The highest BCUT2D eigenvalue weighted by atomic mass is 19.1. The molecule has 1 unspecified atom stereocenters. The molecule has 0 aliphatic carbocycles. The summed E-state index contributed by atoms with van der Waals surface area (Å²) in [6.07, 6.45) is 2.05. The number of hydrogen-bond donors (Lipinski definition) is 2. The molecule has 1 atom stereocenters. The van der Waals surface area contributed by atoms with Crippen molar-refractivity contribution in [1.29, 1.82) is 0 Å². The van der Waals surface area contributed by atoms with Gasteiger partial charge >= 0.3 is 0 Å². The van der Waals surface area contributed by atoms with E-state index in [0.29, 0.717) is 5.56 Å². The molecule has 3 heteroatoms. The van der Waals surface area contributed by atoms with Gasteiger partial charge in [-0.3, -0.25) is 0 Å². The van der Waals surface area contributed by atoms with Crippen molar-refractivity contribution in [3.05, 3.63) is 29.1 Å². The molecule has 0 amide bonds. The summed E-state index contributed by atoms with van der Waals surface area (Å²) in [6, 6.07) is 3.32. The molecule has 1 heterocycles. The first kappa shape index (κ1) is 9.46. The minimum Gasteiger partial charge on any atom is -0.505 e. The van der Waals surface area contributed by atoms with Crippen molar-refractivity contribution in [1.82, 2.24) is 5.32 Å². The highest BCUT2D eigenvalue weighted by molar-refractivity contribution is 5.39. The molecule has 0 radical (unpaired) electrons. The van der Waals surface area contributed by atoms with Gasteiger partial charge in [-0.2, -0.15) is 0 Å². The fraction of sp³-hybridized carbons (Fsp3) is 0.455. The molecule has 1 fully saturated rings. The Kier molecular flexibility index (Phi) is 2.42. The molecule has 76 valence electrons. The van der Waals surface area contributed by atoms with Crippen LogP contribution in [0.3, 0.4) is 0 Å². The molecule has 1 aromatic carbocycles. The lowest BCUT2D eigenvalue weighted by Crippen LogP contribution is -2.13. The van der Waals surface area contributed by atoms with Crippen LogP contribution in [-0.4, -0.2) is 11.7 Å². The van der Waals surface area contributed by atoms with Gasteiger partial charge in [-0.05, 0) is 37.9 Å². The van der Waals surface area contributed by atoms with Gasteiger partial charge in [0.25, 0.3) is 0 Å². The van der Waals surface area contributed by atoms with Crippen LogP contribution in [0.4, 0.5) is 4.39 Å². The Balaban J connectivity index is 2.40. The Hall–Kier alpha value is -1.09. The van der Waals surface area contributed by atoms with Crippen molar-refractivity contribution in [2.24, 2.45) is 0 Å². The normalized spacial score (nSPS) is 21.4. The maximum Gasteiger partial charge on any atom is 0.165 e. The lowest BCUT2D eigenvalue weighted by molar-refractivity contribution is 0.417. The Morgan fingerprint density at radius 1 is 1.50 bits per heavy atom. The van der Waals surface area contributed by atoms with Gasteiger partial charge in [0, 0.05) is 11.6 Å². The molecule has 2 rings (SSSR count). The summed E-state index contributed by atoms with van der Waals surface area (Å²) < 4.78 is 13.2. The minimum atomic E-state index is -0.520. The number of aryl methyl sites for hydroxylation is 1. The highest BCUT2D eigenvalue weighted by Gasteiger charge is 2.21. The second-order valence-electron chi connectivity index (χ2n) is 3.83. The van der Waals surface area contributed by atoms with Gasteiger partial charge in [-0.25, -0.2) is 4.39 Å². The van der Waals surface area contributed by atoms with E-state index >= 15 is 0 Å². The van der Waals surface area contributed by atoms with Crippen LogP contribution in [0, 0.1) is 12.7 Å². The number of halogens is 1. The van der Waals surface area contributed by atoms with Crippen LogP contribution in [0.1, 0.15) is 30.0 Å². The summed E-state index contributed by atoms with van der Waals surface area (Å²) >= 11 is 0. The maximum absolute atomic E-state index is 13.2. The zero-order valence-electron chi connectivity index (χ0n) is 8.18. The van der Waals surface area contributed by atoms with Crippen LogP contribution in [0.2, 0.25) is 0 Å². The summed E-state index contributed by atoms with van der Waals surface area (Å²) in [5.74, 6) is -0.719. The first-order valence-electron chi connectivity index (χ1n) is 4.91. The van der Waals surface area contributed by atoms with E-state index in [9.17, 15) is 9.50 Å². The van der Waals surface area contributed by atoms with E-state index in [1.165, 1.54) is 6.07 Å². The van der Waals surface area contributed by atoms with Gasteiger partial charge in [0.1, 0.15) is 0 Å². The molecular formula is C11H14FNO. The van der Waals surface area contributed by atoms with Gasteiger partial charge in [0.2, 0.25) is 0 Å². The molecule has 2 N–H and O–H groups in total. The molecule has 1 saturated heterocycles. The second-order valence-corrected chi connectivity index (χ2v) is 3.83. The van der Waals surface area contributed by atoms with Gasteiger partial charge < -0.3 is 10.4 Å². The molecule has 2 nitrogen and oxygen atoms in total. The van der Waals surface area contributed by atoms with E-state index in [2.05, 4.69) is 5.32 Å². The van der Waals surface area contributed by atoms with E-state index in [1.54, 1.807) is 0 Å². The summed E-state index contributed by atoms with van der Waals surface area (Å²) in [5.41, 5.74) is 1.55. The number of phenols is 1. The molecule has 14 heavy (non-hydrogen) atoms. The van der Waals surface area contributed by atoms with E-state index < -0.39 is 5.82 Å². The van der Waals surface area contributed by atoms with Gasteiger partial charge in [0.05, 0.1) is 0 Å². The Labute approximate surface area is 82.8 Å². The largest absolute Gasteiger partial charge is 0.505 e. The van der Waals surface area contributed by atoms with Crippen molar-refractivity contribution in [3.8, 4) is 5.75 Å². The fourth-order valence-electron chi connectivity index (χ4n) is 1.98. The van der Waals surface area contributed by atoms with Crippen LogP contribution in [-0.2, 0) is 0 Å². The predicted molar refractivity (Wildman–Crippen MR) is 52.8 cm³/mol. The second kappa shape index (κ2) is 3.58. The van der Waals surface area contributed by atoms with Crippen molar-refractivity contribution in [2.45, 2.75) is 25.8 Å². The molecule has 0 saturated carbocycles. The average Bonchev–Trinajstić information content (AvgIpc) is 2.63. The molecule has 1 aromatic rings. The summed E-state index contributed by atoms with van der Waals surface area (Å²) in [7, 11) is 0. The average molecular weight is 195 g/mol. The van der Waals surface area contributed by atoms with Crippen LogP contribution in [0.5, 0.6) is 5.75 Å². The quantitative estimate of drug-likeness (QED) is 0.720. The molecule has 1 aliphatic heterocycles. The SMILES string of the molecule is Cc1cc(F)c(O)c(C2CCCN2)c1. The molecule has 1 aliphatic rings. The predicted octanol–water partition coefficient (Wildman–Crippen LogP) is 2.26. The van der Waals surface area contributed by atoms with Gasteiger partial charge in [-0.1, -0.05) is 6.07 Å². The Morgan fingerprint density at radius 2 is 2.29 bits per heavy atom. The number of benzene rings is 1. The third-order valence-electron chi connectivity index (χ3n) is 2.67. The van der Waals surface area contributed by atoms with Crippen LogP contribution in [0.25, 0.3) is 0 Å². The monoisotopic (exact) mass is 195 g/mol. The van der Waals surface area contributed by atoms with Crippen molar-refractivity contribution in [3.63, 3.8) is 0 Å². The number of aromatic hydroxyl groups is 1. The fourth-order valence-corrected chi connectivity index (χ4v) is 1.98. The van der Waals surface area contributed by atoms with E-state index in [4.69, 9.17) is 0 Å². The summed E-state index contributed by atoms with van der Waals surface area (Å²) in [6.45, 7) is 2.78. The number of phenolic OH excluding ortho intramolecular Hbond substituents is 1. The van der Waals surface area contributed by atoms with Gasteiger partial charge in [-0.15, -0.1) is 0 Å². The van der Waals surface area contributed by atoms with E-state index in [-0.39, 0.29) is 11.8 Å². The number of nitrogens with one attached hydrogen (secondary N) is 1.